The molecule has 2 aromatic rings. The Balaban J connectivity index is 1.91. The molecule has 9 nitrogen and oxygen atoms in total. The number of nitrogen functional groups attached to an aromatic ring is 1. The van der Waals surface area contributed by atoms with Gasteiger partial charge in [0.25, 0.3) is 5.69 Å². The minimum Gasteiger partial charge on any atom is -0.370 e. The molecule has 0 spiro atoms. The third-order valence-corrected chi connectivity index (χ3v) is 2.60. The summed E-state index contributed by atoms with van der Waals surface area (Å²) in [7, 11) is 0. The lowest BCUT2D eigenvalue weighted by molar-refractivity contribution is -0.384. The first-order chi connectivity index (χ1) is 9.69. The van der Waals surface area contributed by atoms with Gasteiger partial charge in [-0.25, -0.2) is 10.8 Å². The lowest BCUT2D eigenvalue weighted by atomic mass is 10.3. The van der Waals surface area contributed by atoms with Gasteiger partial charge >= 0.3 is 0 Å². The summed E-state index contributed by atoms with van der Waals surface area (Å²) in [6.07, 6.45) is 4.41. The van der Waals surface area contributed by atoms with E-state index < -0.39 is 4.92 Å². The van der Waals surface area contributed by atoms with Gasteiger partial charge in [0.15, 0.2) is 0 Å². The molecule has 0 saturated carbocycles. The number of aromatic nitrogens is 3. The first kappa shape index (κ1) is 13.7. The van der Waals surface area contributed by atoms with Crippen molar-refractivity contribution >= 4 is 17.3 Å². The van der Waals surface area contributed by atoms with E-state index >= 15 is 0 Å². The van der Waals surface area contributed by atoms with Crippen LogP contribution in [0.1, 0.15) is 6.42 Å². The summed E-state index contributed by atoms with van der Waals surface area (Å²) in [6, 6.07) is 4.50. The third kappa shape index (κ3) is 3.65. The SMILES string of the molecule is NNc1cc([N+](=O)[O-])cc(NCCCn2cccn2)n1. The quantitative estimate of drug-likeness (QED) is 0.298. The number of hydrogen-bond donors (Lipinski definition) is 3. The van der Waals surface area contributed by atoms with E-state index in [2.05, 4.69) is 20.8 Å². The summed E-state index contributed by atoms with van der Waals surface area (Å²) in [6.45, 7) is 1.38. The Morgan fingerprint density at radius 1 is 1.40 bits per heavy atom. The fourth-order valence-electron chi connectivity index (χ4n) is 1.68. The summed E-state index contributed by atoms with van der Waals surface area (Å²) >= 11 is 0. The van der Waals surface area contributed by atoms with Crippen LogP contribution in [0.4, 0.5) is 17.3 Å². The van der Waals surface area contributed by atoms with E-state index in [4.69, 9.17) is 5.84 Å². The molecule has 0 bridgehead atoms. The lowest BCUT2D eigenvalue weighted by Crippen LogP contribution is -2.12. The van der Waals surface area contributed by atoms with E-state index in [-0.39, 0.29) is 11.5 Å². The smallest absolute Gasteiger partial charge is 0.276 e. The van der Waals surface area contributed by atoms with Crippen molar-refractivity contribution in [3.05, 3.63) is 40.7 Å². The second-order valence-electron chi connectivity index (χ2n) is 4.05. The van der Waals surface area contributed by atoms with Gasteiger partial charge in [0.1, 0.15) is 11.6 Å². The van der Waals surface area contributed by atoms with Gasteiger partial charge in [-0.3, -0.25) is 14.8 Å². The van der Waals surface area contributed by atoms with Crippen LogP contribution >= 0.6 is 0 Å². The maximum atomic E-state index is 10.8. The van der Waals surface area contributed by atoms with Crippen LogP contribution in [0.2, 0.25) is 0 Å². The van der Waals surface area contributed by atoms with Crippen molar-refractivity contribution in [2.75, 3.05) is 17.3 Å². The van der Waals surface area contributed by atoms with Crippen LogP contribution in [-0.4, -0.2) is 26.2 Å². The Kier molecular flexibility index (Phi) is 4.45. The molecule has 9 heteroatoms. The molecule has 0 unspecified atom stereocenters. The Hall–Kier alpha value is -2.68. The number of anilines is 2. The summed E-state index contributed by atoms with van der Waals surface area (Å²) in [5, 5.41) is 17.9. The van der Waals surface area contributed by atoms with E-state index in [1.807, 2.05) is 16.9 Å². The highest BCUT2D eigenvalue weighted by Gasteiger charge is 2.10. The van der Waals surface area contributed by atoms with E-state index in [0.717, 1.165) is 13.0 Å². The molecule has 0 aromatic carbocycles. The number of nitrogens with zero attached hydrogens (tertiary/aromatic N) is 4. The van der Waals surface area contributed by atoms with Crippen LogP contribution in [0.3, 0.4) is 0 Å². The van der Waals surface area contributed by atoms with E-state index in [0.29, 0.717) is 12.4 Å². The molecule has 2 heterocycles. The van der Waals surface area contributed by atoms with Gasteiger partial charge in [-0.15, -0.1) is 0 Å². The molecular formula is C11H15N7O2. The van der Waals surface area contributed by atoms with Crippen molar-refractivity contribution in [2.24, 2.45) is 5.84 Å². The molecule has 0 aliphatic carbocycles. The minimum absolute atomic E-state index is 0.0671. The van der Waals surface area contributed by atoms with E-state index in [1.54, 1.807) is 6.20 Å². The van der Waals surface area contributed by atoms with Crippen molar-refractivity contribution in [2.45, 2.75) is 13.0 Å². The molecule has 2 rings (SSSR count). The molecule has 0 radical (unpaired) electrons. The van der Waals surface area contributed by atoms with Crippen molar-refractivity contribution in [3.63, 3.8) is 0 Å². The molecule has 20 heavy (non-hydrogen) atoms. The van der Waals surface area contributed by atoms with Crippen molar-refractivity contribution < 1.29 is 4.92 Å². The number of aryl methyl sites for hydroxylation is 1. The minimum atomic E-state index is -0.489. The fraction of sp³-hybridized carbons (Fsp3) is 0.273. The number of nitrogens with one attached hydrogen (secondary N) is 2. The van der Waals surface area contributed by atoms with Crippen LogP contribution in [0, 0.1) is 10.1 Å². The summed E-state index contributed by atoms with van der Waals surface area (Å²) in [5.74, 6) is 5.89. The molecule has 0 aliphatic rings. The Labute approximate surface area is 114 Å². The maximum Gasteiger partial charge on any atom is 0.276 e. The largest absolute Gasteiger partial charge is 0.370 e. The molecule has 0 aliphatic heterocycles. The lowest BCUT2D eigenvalue weighted by Gasteiger charge is -2.07. The first-order valence-electron chi connectivity index (χ1n) is 6.03. The van der Waals surface area contributed by atoms with E-state index in [9.17, 15) is 10.1 Å². The van der Waals surface area contributed by atoms with Gasteiger partial charge in [-0.1, -0.05) is 0 Å². The average Bonchev–Trinajstić information content (AvgIpc) is 2.96. The monoisotopic (exact) mass is 277 g/mol. The van der Waals surface area contributed by atoms with Gasteiger partial charge < -0.3 is 10.7 Å². The van der Waals surface area contributed by atoms with Gasteiger partial charge in [0.05, 0.1) is 17.1 Å². The normalized spacial score (nSPS) is 10.2. The number of hydrazine groups is 1. The Bertz CT molecular complexity index is 570. The van der Waals surface area contributed by atoms with Crippen molar-refractivity contribution in [1.29, 1.82) is 0 Å². The molecule has 106 valence electrons. The van der Waals surface area contributed by atoms with Gasteiger partial charge in [0, 0.05) is 25.5 Å². The number of nitro groups is 1. The Morgan fingerprint density at radius 2 is 2.20 bits per heavy atom. The van der Waals surface area contributed by atoms with Crippen LogP contribution in [-0.2, 0) is 6.54 Å². The number of hydrogen-bond acceptors (Lipinski definition) is 7. The van der Waals surface area contributed by atoms with Gasteiger partial charge in [0.2, 0.25) is 0 Å². The third-order valence-electron chi connectivity index (χ3n) is 2.60. The zero-order chi connectivity index (χ0) is 14.4. The highest BCUT2D eigenvalue weighted by Crippen LogP contribution is 2.19. The molecule has 0 saturated heterocycles. The predicted molar refractivity (Wildman–Crippen MR) is 74.0 cm³/mol. The maximum absolute atomic E-state index is 10.8. The topological polar surface area (TPSA) is 124 Å². The fourth-order valence-corrected chi connectivity index (χ4v) is 1.68. The summed E-state index contributed by atoms with van der Waals surface area (Å²) in [4.78, 5) is 14.4. The second-order valence-corrected chi connectivity index (χ2v) is 4.05. The highest BCUT2D eigenvalue weighted by molar-refractivity contribution is 5.54. The van der Waals surface area contributed by atoms with Crippen LogP contribution in [0.25, 0.3) is 0 Å². The second kappa shape index (κ2) is 6.48. The number of pyridine rings is 1. The molecule has 0 amide bonds. The zero-order valence-corrected chi connectivity index (χ0v) is 10.7. The highest BCUT2D eigenvalue weighted by atomic mass is 16.6. The van der Waals surface area contributed by atoms with Crippen molar-refractivity contribution in [1.82, 2.24) is 14.8 Å². The molecule has 0 atom stereocenters. The Morgan fingerprint density at radius 3 is 2.85 bits per heavy atom. The molecule has 0 fully saturated rings. The van der Waals surface area contributed by atoms with Gasteiger partial charge in [-0.2, -0.15) is 5.10 Å². The van der Waals surface area contributed by atoms with E-state index in [1.165, 1.54) is 12.1 Å². The number of rotatable bonds is 7. The molecule has 2 aromatic heterocycles. The van der Waals surface area contributed by atoms with Crippen LogP contribution in [0.15, 0.2) is 30.6 Å². The van der Waals surface area contributed by atoms with Crippen molar-refractivity contribution in [3.8, 4) is 0 Å². The zero-order valence-electron chi connectivity index (χ0n) is 10.7. The number of nitrogens with two attached hydrogens (primary N) is 1. The average molecular weight is 277 g/mol. The molecule has 4 N–H and O–H groups in total. The van der Waals surface area contributed by atoms with Crippen LogP contribution in [0.5, 0.6) is 0 Å². The molecular weight excluding hydrogens is 262 g/mol. The predicted octanol–water partition coefficient (Wildman–Crippen LogP) is 0.974. The van der Waals surface area contributed by atoms with Crippen LogP contribution < -0.4 is 16.6 Å². The summed E-state index contributed by atoms with van der Waals surface area (Å²) < 4.78 is 1.81. The first-order valence-corrected chi connectivity index (χ1v) is 6.03. The standard InChI is InChI=1S/C11H15N7O2/c12-16-11-8-9(18(19)20)7-10(15-11)13-3-1-5-17-6-2-4-14-17/h2,4,6-8H,1,3,5,12H2,(H2,13,15,16). The summed E-state index contributed by atoms with van der Waals surface area (Å²) in [5.41, 5.74) is 2.24. The van der Waals surface area contributed by atoms with Gasteiger partial charge in [-0.05, 0) is 12.5 Å².